The number of hydrogen-bond acceptors (Lipinski definition) is 14. The number of methoxy groups -OCH3 is 2. The number of tetrazole rings is 1. The number of primary sulfonamides is 2. The zero-order chi connectivity index (χ0) is 28.3. The van der Waals surface area contributed by atoms with E-state index < -0.39 is 31.0 Å². The van der Waals surface area contributed by atoms with E-state index in [2.05, 4.69) is 46.0 Å². The number of nitrogens with zero attached hydrogens (tertiary/aromatic N) is 9. The van der Waals surface area contributed by atoms with Crippen molar-refractivity contribution in [3.8, 4) is 23.1 Å². The molecule has 1 amide bonds. The molecule has 22 heteroatoms. The minimum Gasteiger partial charge on any atom is -0.481 e. The van der Waals surface area contributed by atoms with Gasteiger partial charge in [0, 0.05) is 7.05 Å². The zero-order valence-electron chi connectivity index (χ0n) is 20.1. The average molecular weight is 572 g/mol. The first kappa shape index (κ1) is 28.0. The molecule has 20 nitrogen and oxygen atoms in total. The molecule has 0 aliphatic carbocycles. The molecule has 204 valence electrons. The number of carbonyl (C=O) groups excluding carboxylic acids is 1. The van der Waals surface area contributed by atoms with Crippen LogP contribution in [0.1, 0.15) is 10.5 Å². The molecule has 0 fully saturated rings. The van der Waals surface area contributed by atoms with Crippen molar-refractivity contribution in [3.05, 3.63) is 24.0 Å². The monoisotopic (exact) mass is 571 g/mol. The van der Waals surface area contributed by atoms with E-state index in [4.69, 9.17) is 19.8 Å². The lowest BCUT2D eigenvalue weighted by Gasteiger charge is -2.07. The molecule has 0 aromatic carbocycles. The number of aryl methyl sites for hydroxylation is 2. The predicted octanol–water partition coefficient (Wildman–Crippen LogP) is -2.63. The van der Waals surface area contributed by atoms with Gasteiger partial charge in [-0.05, 0) is 11.3 Å². The van der Waals surface area contributed by atoms with Gasteiger partial charge in [-0.3, -0.25) is 19.9 Å². The van der Waals surface area contributed by atoms with Crippen LogP contribution in [0.4, 0.5) is 5.95 Å². The standard InChI is InChI=1S/C13H16N10O5S.C3H5N3O2S/c1-22-12(29(14,25)26)8(10-18-21-23(2)20-10)9(19-22)11(24)17-13-15-6(27-3)5-7(16-13)28-4;4-9(7,8)3-1-2-5-6-3/h5H,1-4H3,(H2,14,25,26)(H,15,16,17,24);1-2H,(H,5,6)(H2,4,7,8). The summed E-state index contributed by atoms with van der Waals surface area (Å²) < 4.78 is 55.9. The summed E-state index contributed by atoms with van der Waals surface area (Å²) in [6.45, 7) is 0. The highest BCUT2D eigenvalue weighted by atomic mass is 32.2. The SMILES string of the molecule is COc1cc(OC)nc(NC(=O)c2nn(C)c(S(N)(=O)=O)c2-c2nnn(C)n2)n1.NS(=O)(=O)c1ccn[nH]1. The third-order valence-electron chi connectivity index (χ3n) is 4.32. The number of aromatic amines is 1. The predicted molar refractivity (Wildman–Crippen MR) is 125 cm³/mol. The van der Waals surface area contributed by atoms with E-state index >= 15 is 0 Å². The van der Waals surface area contributed by atoms with Gasteiger partial charge in [0.2, 0.25) is 23.5 Å². The number of nitrogens with two attached hydrogens (primary N) is 2. The first-order valence-corrected chi connectivity index (χ1v) is 13.0. The normalized spacial score (nSPS) is 11.4. The molecule has 0 saturated carbocycles. The summed E-state index contributed by atoms with van der Waals surface area (Å²) in [6, 6.07) is 2.69. The van der Waals surface area contributed by atoms with Crippen LogP contribution in [-0.4, -0.2) is 87.1 Å². The maximum absolute atomic E-state index is 12.8. The largest absolute Gasteiger partial charge is 0.481 e. The molecule has 4 heterocycles. The van der Waals surface area contributed by atoms with Crippen LogP contribution in [0.5, 0.6) is 11.8 Å². The summed E-state index contributed by atoms with van der Waals surface area (Å²) in [4.78, 5) is 21.9. The van der Waals surface area contributed by atoms with Gasteiger partial charge in [-0.25, -0.2) is 27.1 Å². The molecule has 0 unspecified atom stereocenters. The van der Waals surface area contributed by atoms with Crippen LogP contribution in [0.25, 0.3) is 11.4 Å². The Morgan fingerprint density at radius 1 is 1.03 bits per heavy atom. The van der Waals surface area contributed by atoms with Crippen LogP contribution in [0, 0.1) is 0 Å². The molecule has 0 aliphatic heterocycles. The molecule has 0 aliphatic rings. The van der Waals surface area contributed by atoms with E-state index in [0.29, 0.717) is 0 Å². The number of rotatable bonds is 7. The maximum Gasteiger partial charge on any atom is 0.279 e. The van der Waals surface area contributed by atoms with Gasteiger partial charge in [-0.2, -0.15) is 25.0 Å². The van der Waals surface area contributed by atoms with Crippen molar-refractivity contribution < 1.29 is 31.1 Å². The van der Waals surface area contributed by atoms with Gasteiger partial charge in [0.25, 0.3) is 26.0 Å². The fraction of sp³-hybridized carbons (Fsp3) is 0.250. The van der Waals surface area contributed by atoms with Crippen LogP contribution in [0.3, 0.4) is 0 Å². The first-order valence-electron chi connectivity index (χ1n) is 9.89. The molecular weight excluding hydrogens is 550 g/mol. The van der Waals surface area contributed by atoms with E-state index in [1.807, 2.05) is 0 Å². The van der Waals surface area contributed by atoms with E-state index in [9.17, 15) is 21.6 Å². The molecule has 38 heavy (non-hydrogen) atoms. The third kappa shape index (κ3) is 6.41. The molecule has 0 spiro atoms. The Kier molecular flexibility index (Phi) is 7.99. The van der Waals surface area contributed by atoms with Crippen LogP contribution in [-0.2, 0) is 34.1 Å². The number of sulfonamides is 2. The van der Waals surface area contributed by atoms with Crippen molar-refractivity contribution in [2.45, 2.75) is 10.1 Å². The highest BCUT2D eigenvalue weighted by molar-refractivity contribution is 7.89. The number of anilines is 1. The molecule has 6 N–H and O–H groups in total. The van der Waals surface area contributed by atoms with Crippen molar-refractivity contribution in [2.75, 3.05) is 19.5 Å². The number of nitrogens with one attached hydrogen (secondary N) is 2. The fourth-order valence-corrected chi connectivity index (χ4v) is 4.12. The van der Waals surface area contributed by atoms with E-state index in [1.54, 1.807) is 0 Å². The number of ether oxygens (including phenoxy) is 2. The molecule has 0 atom stereocenters. The lowest BCUT2D eigenvalue weighted by Crippen LogP contribution is -2.18. The van der Waals surface area contributed by atoms with Gasteiger partial charge in [-0.15, -0.1) is 10.2 Å². The Balaban J connectivity index is 0.000000375. The number of carbonyl (C=O) groups is 1. The molecule has 0 radical (unpaired) electrons. The highest BCUT2D eigenvalue weighted by Crippen LogP contribution is 2.28. The fourth-order valence-electron chi connectivity index (χ4n) is 2.81. The number of aromatic nitrogens is 10. The molecule has 4 aromatic heterocycles. The Bertz CT molecular complexity index is 1640. The quantitative estimate of drug-likeness (QED) is 0.177. The summed E-state index contributed by atoms with van der Waals surface area (Å²) in [5, 5.41) is 32.8. The van der Waals surface area contributed by atoms with Gasteiger partial charge in [0.15, 0.2) is 15.7 Å². The minimum atomic E-state index is -4.28. The number of H-pyrrole nitrogens is 1. The third-order valence-corrected chi connectivity index (χ3v) is 6.16. The maximum atomic E-state index is 12.8. The van der Waals surface area contributed by atoms with Crippen molar-refractivity contribution in [3.63, 3.8) is 0 Å². The molecular formula is C16H21N13O7S2. The van der Waals surface area contributed by atoms with Crippen LogP contribution >= 0.6 is 0 Å². The number of amides is 1. The van der Waals surface area contributed by atoms with Crippen LogP contribution < -0.4 is 25.1 Å². The summed E-state index contributed by atoms with van der Waals surface area (Å²) in [5.74, 6) is -0.886. The minimum absolute atomic E-state index is 0.0671. The summed E-state index contributed by atoms with van der Waals surface area (Å²) >= 11 is 0. The lowest BCUT2D eigenvalue weighted by atomic mass is 10.2. The topological polar surface area (TPSA) is 284 Å². The Labute approximate surface area is 214 Å². The van der Waals surface area contributed by atoms with Gasteiger partial charge >= 0.3 is 0 Å². The summed E-state index contributed by atoms with van der Waals surface area (Å²) in [5.41, 5.74) is -0.537. The Morgan fingerprint density at radius 2 is 1.66 bits per heavy atom. The van der Waals surface area contributed by atoms with Crippen LogP contribution in [0.15, 0.2) is 28.4 Å². The van der Waals surface area contributed by atoms with Gasteiger partial charge in [0.05, 0.1) is 39.1 Å². The average Bonchev–Trinajstić information content (AvgIpc) is 3.58. The van der Waals surface area contributed by atoms with E-state index in [-0.39, 0.29) is 39.8 Å². The molecule has 0 bridgehead atoms. The van der Waals surface area contributed by atoms with Gasteiger partial charge in [-0.1, -0.05) is 0 Å². The number of hydrogen-bond donors (Lipinski definition) is 4. The summed E-state index contributed by atoms with van der Waals surface area (Å²) in [7, 11) is -2.32. The smallest absolute Gasteiger partial charge is 0.279 e. The van der Waals surface area contributed by atoms with Crippen molar-refractivity contribution in [1.82, 2.24) is 50.2 Å². The Morgan fingerprint density at radius 3 is 2.08 bits per heavy atom. The van der Waals surface area contributed by atoms with E-state index in [0.717, 1.165) is 9.48 Å². The first-order chi connectivity index (χ1) is 17.7. The van der Waals surface area contributed by atoms with E-state index in [1.165, 1.54) is 46.6 Å². The summed E-state index contributed by atoms with van der Waals surface area (Å²) in [6.07, 6.45) is 1.32. The van der Waals surface area contributed by atoms with Crippen molar-refractivity contribution in [1.29, 1.82) is 0 Å². The van der Waals surface area contributed by atoms with Crippen molar-refractivity contribution in [2.24, 2.45) is 24.4 Å². The van der Waals surface area contributed by atoms with Crippen LogP contribution in [0.2, 0.25) is 0 Å². The lowest BCUT2D eigenvalue weighted by molar-refractivity contribution is 0.102. The second-order valence-electron chi connectivity index (χ2n) is 7.00. The Hall–Kier alpha value is -4.54. The molecule has 4 aromatic rings. The van der Waals surface area contributed by atoms with Gasteiger partial charge < -0.3 is 9.47 Å². The second-order valence-corrected chi connectivity index (χ2v) is 10.0. The zero-order valence-corrected chi connectivity index (χ0v) is 21.7. The molecule has 4 rings (SSSR count). The highest BCUT2D eigenvalue weighted by Gasteiger charge is 2.32. The van der Waals surface area contributed by atoms with Crippen molar-refractivity contribution >= 4 is 31.9 Å². The van der Waals surface area contributed by atoms with Gasteiger partial charge in [0.1, 0.15) is 0 Å². The molecule has 0 saturated heterocycles. The second kappa shape index (κ2) is 10.8.